The van der Waals surface area contributed by atoms with Gasteiger partial charge in [0.25, 0.3) is 11.5 Å². The van der Waals surface area contributed by atoms with E-state index in [1.807, 2.05) is 19.1 Å². The molecule has 1 atom stereocenters. The van der Waals surface area contributed by atoms with E-state index in [4.69, 9.17) is 11.6 Å². The molecule has 1 aliphatic rings. The smallest absolute Gasteiger partial charge is 0.266 e. The number of aromatic nitrogens is 2. The summed E-state index contributed by atoms with van der Waals surface area (Å²) in [5.74, 6) is 0.149. The fourth-order valence-corrected chi connectivity index (χ4v) is 2.65. The first kappa shape index (κ1) is 14.8. The molecule has 6 heteroatoms. The van der Waals surface area contributed by atoms with Crippen LogP contribution in [0.2, 0.25) is 5.02 Å². The third kappa shape index (κ3) is 3.04. The Hall–Kier alpha value is -2.14. The second kappa shape index (κ2) is 5.93. The summed E-state index contributed by atoms with van der Waals surface area (Å²) in [7, 11) is 0. The highest BCUT2D eigenvalue weighted by Gasteiger charge is 2.35. The van der Waals surface area contributed by atoms with Crippen LogP contribution in [0, 0.1) is 12.8 Å². The molecule has 2 aromatic rings. The lowest BCUT2D eigenvalue weighted by atomic mass is 10.0. The van der Waals surface area contributed by atoms with Gasteiger partial charge in [0.1, 0.15) is 5.02 Å². The van der Waals surface area contributed by atoms with Gasteiger partial charge in [-0.1, -0.05) is 17.7 Å². The minimum atomic E-state index is -0.405. The Bertz CT molecular complexity index is 768. The number of hydrogen-bond acceptors (Lipinski definition) is 3. The number of rotatable bonds is 4. The topological polar surface area (TPSA) is 74.8 Å². The lowest BCUT2D eigenvalue weighted by molar-refractivity contribution is 0.0930. The Morgan fingerprint density at radius 1 is 1.50 bits per heavy atom. The van der Waals surface area contributed by atoms with Crippen LogP contribution in [-0.4, -0.2) is 15.9 Å². The van der Waals surface area contributed by atoms with Crippen molar-refractivity contribution in [3.8, 4) is 0 Å². The molecule has 0 aliphatic heterocycles. The van der Waals surface area contributed by atoms with E-state index in [-0.39, 0.29) is 17.0 Å². The average Bonchev–Trinajstić information content (AvgIpc) is 3.33. The number of nitrogens with one attached hydrogen (secondary N) is 2. The van der Waals surface area contributed by atoms with Crippen molar-refractivity contribution in [1.29, 1.82) is 0 Å². The number of aryl methyl sites for hydroxylation is 1. The maximum absolute atomic E-state index is 12.4. The van der Waals surface area contributed by atoms with Crippen molar-refractivity contribution in [2.75, 3.05) is 0 Å². The first-order valence-corrected chi connectivity index (χ1v) is 7.54. The highest BCUT2D eigenvalue weighted by Crippen LogP contribution is 2.41. The van der Waals surface area contributed by atoms with Gasteiger partial charge in [-0.15, -0.1) is 0 Å². The van der Waals surface area contributed by atoms with Crippen molar-refractivity contribution in [3.63, 3.8) is 0 Å². The summed E-state index contributed by atoms with van der Waals surface area (Å²) in [6.45, 7) is 1.99. The van der Waals surface area contributed by atoms with E-state index in [0.29, 0.717) is 11.5 Å². The number of carbonyl (C=O) groups excluding carboxylic acids is 1. The molecule has 1 saturated carbocycles. The largest absolute Gasteiger partial charge is 0.343 e. The lowest BCUT2D eigenvalue weighted by Crippen LogP contribution is -2.31. The molecule has 2 aromatic heterocycles. The minimum Gasteiger partial charge on any atom is -0.343 e. The molecule has 0 saturated heterocycles. The van der Waals surface area contributed by atoms with Crippen LogP contribution < -0.4 is 10.9 Å². The molecule has 2 heterocycles. The molecule has 1 aliphatic carbocycles. The number of H-pyrrole nitrogens is 1. The second-order valence-corrected chi connectivity index (χ2v) is 5.97. The zero-order chi connectivity index (χ0) is 15.7. The summed E-state index contributed by atoms with van der Waals surface area (Å²) in [6, 6.07) is 5.14. The summed E-state index contributed by atoms with van der Waals surface area (Å²) < 4.78 is 0. The highest BCUT2D eigenvalue weighted by atomic mass is 35.5. The molecule has 22 heavy (non-hydrogen) atoms. The van der Waals surface area contributed by atoms with E-state index in [2.05, 4.69) is 15.3 Å². The van der Waals surface area contributed by atoms with Crippen LogP contribution >= 0.6 is 11.6 Å². The van der Waals surface area contributed by atoms with Gasteiger partial charge in [0.15, 0.2) is 0 Å². The number of halogens is 1. The molecule has 1 unspecified atom stereocenters. The molecule has 0 spiro atoms. The molecule has 114 valence electrons. The number of nitrogens with zero attached hydrogens (tertiary/aromatic N) is 1. The van der Waals surface area contributed by atoms with Gasteiger partial charge in [0.05, 0.1) is 17.3 Å². The molecule has 0 bridgehead atoms. The van der Waals surface area contributed by atoms with Gasteiger partial charge in [0, 0.05) is 12.4 Å². The van der Waals surface area contributed by atoms with Gasteiger partial charge in [-0.05, 0) is 43.4 Å². The Morgan fingerprint density at radius 3 is 2.91 bits per heavy atom. The molecule has 1 amide bonds. The van der Waals surface area contributed by atoms with Crippen LogP contribution in [-0.2, 0) is 0 Å². The minimum absolute atomic E-state index is 0.00430. The SMILES string of the molecule is Cc1cccnc1C(NC(=O)c1c[nH]c(=O)c(Cl)c1)C1CC1. The summed E-state index contributed by atoms with van der Waals surface area (Å²) in [6.07, 6.45) is 5.26. The van der Waals surface area contributed by atoms with Gasteiger partial charge in [-0.2, -0.15) is 0 Å². The van der Waals surface area contributed by atoms with Crippen LogP contribution in [0.25, 0.3) is 0 Å². The normalized spacial score (nSPS) is 15.4. The predicted molar refractivity (Wildman–Crippen MR) is 84.0 cm³/mol. The van der Waals surface area contributed by atoms with Gasteiger partial charge >= 0.3 is 0 Å². The van der Waals surface area contributed by atoms with Crippen LogP contribution in [0.3, 0.4) is 0 Å². The first-order chi connectivity index (χ1) is 10.6. The Morgan fingerprint density at radius 2 is 2.27 bits per heavy atom. The van der Waals surface area contributed by atoms with Crippen LogP contribution in [0.15, 0.2) is 35.4 Å². The molecule has 5 nitrogen and oxygen atoms in total. The molecule has 1 fully saturated rings. The molecule has 0 radical (unpaired) electrons. The van der Waals surface area contributed by atoms with E-state index in [1.54, 1.807) is 6.20 Å². The Balaban J connectivity index is 1.85. The molecule has 2 N–H and O–H groups in total. The lowest BCUT2D eigenvalue weighted by Gasteiger charge is -2.19. The number of pyridine rings is 2. The zero-order valence-electron chi connectivity index (χ0n) is 12.1. The van der Waals surface area contributed by atoms with Gasteiger partial charge in [-0.3, -0.25) is 14.6 Å². The number of amides is 1. The maximum atomic E-state index is 12.4. The van der Waals surface area contributed by atoms with Crippen molar-refractivity contribution in [2.45, 2.75) is 25.8 Å². The quantitative estimate of drug-likeness (QED) is 0.910. The van der Waals surface area contributed by atoms with E-state index in [1.165, 1.54) is 12.3 Å². The third-order valence-electron chi connectivity index (χ3n) is 3.84. The van der Waals surface area contributed by atoms with E-state index >= 15 is 0 Å². The molecule has 0 aromatic carbocycles. The summed E-state index contributed by atoms with van der Waals surface area (Å²) in [5.41, 5.74) is 1.88. The standard InChI is InChI=1S/C16H16ClN3O2/c1-9-3-2-6-18-13(9)14(10-4-5-10)20-15(21)11-7-12(17)16(22)19-8-11/h2-3,6-8,10,14H,4-5H2,1H3,(H,19,22)(H,20,21). The number of hydrogen-bond donors (Lipinski definition) is 2. The summed E-state index contributed by atoms with van der Waals surface area (Å²) in [4.78, 5) is 30.6. The van der Waals surface area contributed by atoms with Gasteiger partial charge in [-0.25, -0.2) is 0 Å². The van der Waals surface area contributed by atoms with Crippen molar-refractivity contribution in [1.82, 2.24) is 15.3 Å². The van der Waals surface area contributed by atoms with Gasteiger partial charge < -0.3 is 10.3 Å². The summed E-state index contributed by atoms with van der Waals surface area (Å²) >= 11 is 5.78. The Kier molecular flexibility index (Phi) is 3.98. The fraction of sp³-hybridized carbons (Fsp3) is 0.312. The van der Waals surface area contributed by atoms with Crippen molar-refractivity contribution < 1.29 is 4.79 Å². The van der Waals surface area contributed by atoms with Crippen molar-refractivity contribution in [3.05, 3.63) is 62.8 Å². The van der Waals surface area contributed by atoms with Crippen LogP contribution in [0.1, 0.15) is 40.5 Å². The maximum Gasteiger partial charge on any atom is 0.266 e. The van der Waals surface area contributed by atoms with E-state index < -0.39 is 5.56 Å². The fourth-order valence-electron chi connectivity index (χ4n) is 2.47. The van der Waals surface area contributed by atoms with Crippen LogP contribution in [0.5, 0.6) is 0 Å². The third-order valence-corrected chi connectivity index (χ3v) is 4.13. The molecule has 3 rings (SSSR count). The van der Waals surface area contributed by atoms with Crippen molar-refractivity contribution >= 4 is 17.5 Å². The molecular formula is C16H16ClN3O2. The number of aromatic amines is 1. The van der Waals surface area contributed by atoms with E-state index in [9.17, 15) is 9.59 Å². The number of carbonyl (C=O) groups is 1. The Labute approximate surface area is 132 Å². The van der Waals surface area contributed by atoms with Crippen LogP contribution in [0.4, 0.5) is 0 Å². The second-order valence-electron chi connectivity index (χ2n) is 5.56. The van der Waals surface area contributed by atoms with Gasteiger partial charge in [0.2, 0.25) is 0 Å². The summed E-state index contributed by atoms with van der Waals surface area (Å²) in [5, 5.41) is 3.02. The predicted octanol–water partition coefficient (Wildman–Crippen LogP) is 2.61. The highest BCUT2D eigenvalue weighted by molar-refractivity contribution is 6.30. The molecular weight excluding hydrogens is 302 g/mol. The van der Waals surface area contributed by atoms with E-state index in [0.717, 1.165) is 24.1 Å². The monoisotopic (exact) mass is 317 g/mol. The first-order valence-electron chi connectivity index (χ1n) is 7.17. The zero-order valence-corrected chi connectivity index (χ0v) is 12.9. The van der Waals surface area contributed by atoms with Crippen molar-refractivity contribution in [2.24, 2.45) is 5.92 Å². The average molecular weight is 318 g/mol.